The van der Waals surface area contributed by atoms with Crippen LogP contribution < -0.4 is 0 Å². The molecule has 0 N–H and O–H groups in total. The standard InChI is InChI=1S/C16H25BrN2O/c1-4-12(5-2)10-18(6-3)16(20)15-9-13(17)11-19(15)14-7-8-14/h9,11-12,14H,4-8,10H2,1-3H3. The molecule has 0 atom stereocenters. The molecule has 1 fully saturated rings. The second kappa shape index (κ2) is 6.79. The summed E-state index contributed by atoms with van der Waals surface area (Å²) in [5.74, 6) is 0.781. The van der Waals surface area contributed by atoms with Crippen molar-refractivity contribution in [2.24, 2.45) is 5.92 Å². The van der Waals surface area contributed by atoms with Gasteiger partial charge < -0.3 is 9.47 Å². The first-order valence-electron chi connectivity index (χ1n) is 7.77. The maximum atomic E-state index is 12.8. The van der Waals surface area contributed by atoms with Crippen LogP contribution in [0.15, 0.2) is 16.7 Å². The quantitative estimate of drug-likeness (QED) is 0.718. The Morgan fingerprint density at radius 3 is 2.55 bits per heavy atom. The van der Waals surface area contributed by atoms with Crippen LogP contribution in [0, 0.1) is 5.92 Å². The first-order valence-corrected chi connectivity index (χ1v) is 8.56. The van der Waals surface area contributed by atoms with Crippen molar-refractivity contribution in [2.75, 3.05) is 13.1 Å². The smallest absolute Gasteiger partial charge is 0.270 e. The molecule has 0 aromatic carbocycles. The Balaban J connectivity index is 2.15. The van der Waals surface area contributed by atoms with Crippen molar-refractivity contribution in [1.29, 1.82) is 0 Å². The summed E-state index contributed by atoms with van der Waals surface area (Å²) >= 11 is 3.51. The van der Waals surface area contributed by atoms with Crippen molar-refractivity contribution < 1.29 is 4.79 Å². The molecule has 0 spiro atoms. The van der Waals surface area contributed by atoms with Gasteiger partial charge in [0.05, 0.1) is 0 Å². The van der Waals surface area contributed by atoms with Gasteiger partial charge in [-0.25, -0.2) is 0 Å². The largest absolute Gasteiger partial charge is 0.339 e. The number of aromatic nitrogens is 1. The van der Waals surface area contributed by atoms with Crippen LogP contribution in [-0.2, 0) is 0 Å². The molecule has 1 aromatic rings. The highest BCUT2D eigenvalue weighted by Gasteiger charge is 2.29. The van der Waals surface area contributed by atoms with Gasteiger partial charge >= 0.3 is 0 Å². The van der Waals surface area contributed by atoms with E-state index in [0.29, 0.717) is 12.0 Å². The van der Waals surface area contributed by atoms with Crippen LogP contribution in [0.2, 0.25) is 0 Å². The number of nitrogens with zero attached hydrogens (tertiary/aromatic N) is 2. The summed E-state index contributed by atoms with van der Waals surface area (Å²) in [7, 11) is 0. The highest BCUT2D eigenvalue weighted by molar-refractivity contribution is 9.10. The maximum absolute atomic E-state index is 12.8. The number of carbonyl (C=O) groups excluding carboxylic acids is 1. The lowest BCUT2D eigenvalue weighted by molar-refractivity contribution is 0.0724. The molecule has 1 saturated carbocycles. The van der Waals surface area contributed by atoms with Gasteiger partial charge in [0.1, 0.15) is 5.69 Å². The number of carbonyl (C=O) groups is 1. The van der Waals surface area contributed by atoms with Crippen LogP contribution in [0.5, 0.6) is 0 Å². The van der Waals surface area contributed by atoms with Crippen LogP contribution in [0.25, 0.3) is 0 Å². The third-order valence-corrected chi connectivity index (χ3v) is 4.71. The molecule has 2 rings (SSSR count). The lowest BCUT2D eigenvalue weighted by atomic mass is 10.0. The number of hydrogen-bond donors (Lipinski definition) is 0. The summed E-state index contributed by atoms with van der Waals surface area (Å²) in [5.41, 5.74) is 0.840. The fourth-order valence-electron chi connectivity index (χ4n) is 2.65. The van der Waals surface area contributed by atoms with Crippen molar-refractivity contribution in [2.45, 2.75) is 52.5 Å². The Hall–Kier alpha value is -0.770. The second-order valence-electron chi connectivity index (χ2n) is 5.71. The van der Waals surface area contributed by atoms with Gasteiger partial charge in [-0.2, -0.15) is 0 Å². The zero-order valence-corrected chi connectivity index (χ0v) is 14.3. The van der Waals surface area contributed by atoms with E-state index in [9.17, 15) is 4.79 Å². The normalized spacial score (nSPS) is 14.8. The topological polar surface area (TPSA) is 25.2 Å². The van der Waals surface area contributed by atoms with Gasteiger partial charge in [0, 0.05) is 29.8 Å². The summed E-state index contributed by atoms with van der Waals surface area (Å²) in [6.07, 6.45) is 6.71. The van der Waals surface area contributed by atoms with Crippen LogP contribution in [-0.4, -0.2) is 28.5 Å². The van der Waals surface area contributed by atoms with Crippen LogP contribution >= 0.6 is 15.9 Å². The van der Waals surface area contributed by atoms with Crippen LogP contribution in [0.1, 0.15) is 63.0 Å². The molecule has 0 saturated heterocycles. The molecule has 3 nitrogen and oxygen atoms in total. The molecule has 1 amide bonds. The average Bonchev–Trinajstić information content (AvgIpc) is 3.22. The number of amides is 1. The van der Waals surface area contributed by atoms with Crippen molar-refractivity contribution in [3.8, 4) is 0 Å². The highest BCUT2D eigenvalue weighted by atomic mass is 79.9. The van der Waals surface area contributed by atoms with Crippen LogP contribution in [0.4, 0.5) is 0 Å². The molecular formula is C16H25BrN2O. The second-order valence-corrected chi connectivity index (χ2v) is 6.62. The van der Waals surface area contributed by atoms with E-state index in [4.69, 9.17) is 0 Å². The van der Waals surface area contributed by atoms with Gasteiger partial charge in [-0.15, -0.1) is 0 Å². The SMILES string of the molecule is CCC(CC)CN(CC)C(=O)c1cc(Br)cn1C1CC1. The van der Waals surface area contributed by atoms with Gasteiger partial charge in [-0.1, -0.05) is 26.7 Å². The molecule has 1 aromatic heterocycles. The predicted octanol–water partition coefficient (Wildman–Crippen LogP) is 4.48. The Kier molecular flexibility index (Phi) is 5.30. The zero-order valence-electron chi connectivity index (χ0n) is 12.7. The summed E-state index contributed by atoms with van der Waals surface area (Å²) < 4.78 is 3.16. The van der Waals surface area contributed by atoms with E-state index in [2.05, 4.69) is 47.5 Å². The van der Waals surface area contributed by atoms with E-state index in [1.54, 1.807) is 0 Å². The van der Waals surface area contributed by atoms with Gasteiger partial charge in [-0.3, -0.25) is 4.79 Å². The summed E-state index contributed by atoms with van der Waals surface area (Å²) in [6.45, 7) is 8.13. The molecule has 4 heteroatoms. The molecule has 0 aliphatic heterocycles. The zero-order chi connectivity index (χ0) is 14.7. The molecule has 1 aliphatic rings. The monoisotopic (exact) mass is 340 g/mol. The van der Waals surface area contributed by atoms with Gasteiger partial charge in [0.2, 0.25) is 0 Å². The van der Waals surface area contributed by atoms with E-state index in [1.807, 2.05) is 11.0 Å². The first kappa shape index (κ1) is 15.6. The van der Waals surface area contributed by atoms with Gasteiger partial charge in [0.15, 0.2) is 0 Å². The Labute approximate surface area is 130 Å². The Morgan fingerprint density at radius 2 is 2.05 bits per heavy atom. The van der Waals surface area contributed by atoms with E-state index in [1.165, 1.54) is 12.8 Å². The minimum Gasteiger partial charge on any atom is -0.339 e. The minimum atomic E-state index is 0.178. The van der Waals surface area contributed by atoms with Crippen molar-refractivity contribution in [1.82, 2.24) is 9.47 Å². The van der Waals surface area contributed by atoms with E-state index in [0.717, 1.165) is 36.1 Å². The summed E-state index contributed by atoms with van der Waals surface area (Å²) in [5, 5.41) is 0. The number of rotatable bonds is 7. The lowest BCUT2D eigenvalue weighted by Gasteiger charge is -2.26. The summed E-state index contributed by atoms with van der Waals surface area (Å²) in [4.78, 5) is 14.8. The van der Waals surface area contributed by atoms with Crippen molar-refractivity contribution >= 4 is 21.8 Å². The lowest BCUT2D eigenvalue weighted by Crippen LogP contribution is -2.36. The fraction of sp³-hybridized carbons (Fsp3) is 0.688. The molecule has 112 valence electrons. The highest BCUT2D eigenvalue weighted by Crippen LogP contribution is 2.37. The first-order chi connectivity index (χ1) is 9.60. The molecule has 20 heavy (non-hydrogen) atoms. The number of hydrogen-bond acceptors (Lipinski definition) is 1. The average molecular weight is 341 g/mol. The Bertz CT molecular complexity index is 461. The molecule has 0 radical (unpaired) electrons. The summed E-state index contributed by atoms with van der Waals surface area (Å²) in [6, 6.07) is 2.50. The number of halogens is 1. The molecule has 1 heterocycles. The predicted molar refractivity (Wildman–Crippen MR) is 86.1 cm³/mol. The van der Waals surface area contributed by atoms with Gasteiger partial charge in [-0.05, 0) is 47.7 Å². The molecule has 0 unspecified atom stereocenters. The minimum absolute atomic E-state index is 0.178. The molecule has 0 bridgehead atoms. The molecular weight excluding hydrogens is 316 g/mol. The van der Waals surface area contributed by atoms with E-state index >= 15 is 0 Å². The molecule has 1 aliphatic carbocycles. The van der Waals surface area contributed by atoms with Crippen molar-refractivity contribution in [3.05, 3.63) is 22.4 Å². The van der Waals surface area contributed by atoms with Crippen LogP contribution in [0.3, 0.4) is 0 Å². The Morgan fingerprint density at radius 1 is 1.40 bits per heavy atom. The fourth-order valence-corrected chi connectivity index (χ4v) is 3.09. The van der Waals surface area contributed by atoms with Crippen molar-refractivity contribution in [3.63, 3.8) is 0 Å². The van der Waals surface area contributed by atoms with E-state index in [-0.39, 0.29) is 5.91 Å². The van der Waals surface area contributed by atoms with Gasteiger partial charge in [0.25, 0.3) is 5.91 Å². The third-order valence-electron chi connectivity index (χ3n) is 4.28. The maximum Gasteiger partial charge on any atom is 0.270 e. The van der Waals surface area contributed by atoms with E-state index < -0.39 is 0 Å². The third kappa shape index (κ3) is 3.46.